The Hall–Kier alpha value is -3.48. The molecule has 0 aromatic rings. The number of esters is 1. The third-order valence-electron chi connectivity index (χ3n) is 10.2. The Morgan fingerprint density at radius 2 is 1.02 bits per heavy atom. The van der Waals surface area contributed by atoms with Gasteiger partial charge in [0.05, 0.1) is 25.2 Å². The van der Waals surface area contributed by atoms with Gasteiger partial charge in [0.2, 0.25) is 5.91 Å². The van der Waals surface area contributed by atoms with Crippen molar-refractivity contribution >= 4 is 11.9 Å². The summed E-state index contributed by atoms with van der Waals surface area (Å²) in [6.45, 7) is 6.22. The molecule has 3 atom stereocenters. The Bertz CT molecular complexity index is 1250. The van der Waals surface area contributed by atoms with Crippen molar-refractivity contribution in [2.45, 2.75) is 212 Å². The molecule has 1 amide bonds. The lowest BCUT2D eigenvalue weighted by atomic mass is 10.0. The van der Waals surface area contributed by atoms with E-state index in [0.717, 1.165) is 103 Å². The molecule has 0 aliphatic carbocycles. The van der Waals surface area contributed by atoms with E-state index < -0.39 is 18.2 Å². The SMILES string of the molecule is CC/C=C/C/C=C/C/C=C/C/C=C/CCCC(CC(=O)NC(CO)C(O)CCCCCCCCCCC)OC(=O)CCCCCCC/C=C/C=C/C=C/C=C/C=C/CCC. The molecule has 60 heavy (non-hydrogen) atoms. The second-order valence-electron chi connectivity index (χ2n) is 15.9. The maximum Gasteiger partial charge on any atom is 0.306 e. The van der Waals surface area contributed by atoms with E-state index in [1.165, 1.54) is 44.9 Å². The van der Waals surface area contributed by atoms with E-state index in [1.54, 1.807) is 0 Å². The highest BCUT2D eigenvalue weighted by molar-refractivity contribution is 5.77. The highest BCUT2D eigenvalue weighted by Crippen LogP contribution is 2.16. The van der Waals surface area contributed by atoms with Crippen LogP contribution in [0.15, 0.2) is 109 Å². The van der Waals surface area contributed by atoms with E-state index in [0.29, 0.717) is 19.3 Å². The molecule has 0 saturated heterocycles. The Kier molecular flexibility index (Phi) is 43.9. The smallest absolute Gasteiger partial charge is 0.306 e. The zero-order chi connectivity index (χ0) is 43.8. The van der Waals surface area contributed by atoms with Crippen LogP contribution in [-0.4, -0.2) is 46.9 Å². The standard InChI is InChI=1S/C54H89NO5/c1-4-7-10-13-16-19-21-23-25-26-27-28-30-32-35-38-41-44-47-54(59)60-50(45-42-39-36-34-31-29-24-22-20-17-14-11-8-5-2)48-53(58)55-51(49-56)52(57)46-43-40-37-33-18-15-12-9-6-3/h8,10-11,13,16-17,19-21,23-29,34,36,50-52,56-57H,4-7,9,12,14-15,18,22,30-33,35,37-49H2,1-3H3,(H,55,58)/b11-8+,13-10+,19-16+,20-17+,23-21+,26-25+,28-27+,29-24+,36-34+. The van der Waals surface area contributed by atoms with Gasteiger partial charge >= 0.3 is 5.97 Å². The summed E-state index contributed by atoms with van der Waals surface area (Å²) >= 11 is 0. The highest BCUT2D eigenvalue weighted by atomic mass is 16.5. The van der Waals surface area contributed by atoms with Crippen LogP contribution in [0.4, 0.5) is 0 Å². The van der Waals surface area contributed by atoms with Crippen molar-refractivity contribution in [1.82, 2.24) is 5.32 Å². The fraction of sp³-hybridized carbons (Fsp3) is 0.630. The van der Waals surface area contributed by atoms with Crippen LogP contribution in [0, 0.1) is 0 Å². The first-order valence-electron chi connectivity index (χ1n) is 24.2. The van der Waals surface area contributed by atoms with Gasteiger partial charge in [0.25, 0.3) is 0 Å². The number of nitrogens with one attached hydrogen (secondary N) is 1. The first kappa shape index (κ1) is 56.5. The molecule has 0 saturated carbocycles. The molecule has 0 fully saturated rings. The highest BCUT2D eigenvalue weighted by Gasteiger charge is 2.24. The summed E-state index contributed by atoms with van der Waals surface area (Å²) < 4.78 is 5.88. The summed E-state index contributed by atoms with van der Waals surface area (Å²) in [7, 11) is 0. The molecule has 0 aliphatic heterocycles. The van der Waals surface area contributed by atoms with E-state index in [9.17, 15) is 19.8 Å². The molecule has 3 N–H and O–H groups in total. The summed E-state index contributed by atoms with van der Waals surface area (Å²) in [5.41, 5.74) is 0. The average molecular weight is 832 g/mol. The summed E-state index contributed by atoms with van der Waals surface area (Å²) in [4.78, 5) is 26.1. The van der Waals surface area contributed by atoms with Crippen molar-refractivity contribution in [2.75, 3.05) is 6.61 Å². The van der Waals surface area contributed by atoms with Crippen molar-refractivity contribution < 1.29 is 24.5 Å². The minimum absolute atomic E-state index is 0.0218. The first-order chi connectivity index (χ1) is 29.5. The molecule has 0 bridgehead atoms. The van der Waals surface area contributed by atoms with Gasteiger partial charge in [-0.1, -0.05) is 214 Å². The molecule has 0 aromatic carbocycles. The summed E-state index contributed by atoms with van der Waals surface area (Å²) in [5.74, 6) is -0.571. The van der Waals surface area contributed by atoms with Crippen LogP contribution in [0.25, 0.3) is 0 Å². The quantitative estimate of drug-likeness (QED) is 0.0247. The molecule has 0 aliphatic rings. The Labute approximate surface area is 368 Å². The van der Waals surface area contributed by atoms with E-state index in [-0.39, 0.29) is 24.9 Å². The molecule has 0 radical (unpaired) electrons. The van der Waals surface area contributed by atoms with Crippen molar-refractivity contribution in [2.24, 2.45) is 0 Å². The van der Waals surface area contributed by atoms with Gasteiger partial charge in [-0.05, 0) is 77.0 Å². The first-order valence-corrected chi connectivity index (χ1v) is 24.2. The molecule has 0 heterocycles. The van der Waals surface area contributed by atoms with Gasteiger partial charge in [0.15, 0.2) is 0 Å². The fourth-order valence-corrected chi connectivity index (χ4v) is 6.57. The number of allylic oxidation sites excluding steroid dienone is 18. The van der Waals surface area contributed by atoms with E-state index in [4.69, 9.17) is 4.74 Å². The number of carbonyl (C=O) groups is 2. The number of carbonyl (C=O) groups excluding carboxylic acids is 2. The van der Waals surface area contributed by atoms with Crippen molar-refractivity contribution in [3.8, 4) is 0 Å². The zero-order valence-corrected chi connectivity index (χ0v) is 38.5. The molecule has 3 unspecified atom stereocenters. The van der Waals surface area contributed by atoms with Crippen LogP contribution in [-0.2, 0) is 14.3 Å². The molecule has 0 aromatic heterocycles. The van der Waals surface area contributed by atoms with Crippen molar-refractivity contribution in [1.29, 1.82) is 0 Å². The molecule has 0 rings (SSSR count). The van der Waals surface area contributed by atoms with E-state index in [1.807, 2.05) is 24.3 Å². The molecular formula is C54H89NO5. The molecule has 6 nitrogen and oxygen atoms in total. The van der Waals surface area contributed by atoms with Gasteiger partial charge in [0.1, 0.15) is 6.10 Å². The van der Waals surface area contributed by atoms with E-state index in [2.05, 4.69) is 111 Å². The van der Waals surface area contributed by atoms with Crippen LogP contribution >= 0.6 is 0 Å². The van der Waals surface area contributed by atoms with Crippen LogP contribution in [0.3, 0.4) is 0 Å². The van der Waals surface area contributed by atoms with Gasteiger partial charge in [-0.15, -0.1) is 0 Å². The number of hydrogen-bond donors (Lipinski definition) is 3. The molecule has 340 valence electrons. The zero-order valence-electron chi connectivity index (χ0n) is 38.5. The number of hydrogen-bond acceptors (Lipinski definition) is 5. The maximum atomic E-state index is 13.1. The lowest BCUT2D eigenvalue weighted by molar-refractivity contribution is -0.151. The van der Waals surface area contributed by atoms with Gasteiger partial charge < -0.3 is 20.3 Å². The third kappa shape index (κ3) is 41.3. The van der Waals surface area contributed by atoms with Gasteiger partial charge in [-0.2, -0.15) is 0 Å². The van der Waals surface area contributed by atoms with E-state index >= 15 is 0 Å². The van der Waals surface area contributed by atoms with Crippen molar-refractivity contribution in [3.05, 3.63) is 109 Å². The van der Waals surface area contributed by atoms with Crippen LogP contribution in [0.2, 0.25) is 0 Å². The second-order valence-corrected chi connectivity index (χ2v) is 15.9. The number of amides is 1. The maximum absolute atomic E-state index is 13.1. The fourth-order valence-electron chi connectivity index (χ4n) is 6.57. The lowest BCUT2D eigenvalue weighted by Gasteiger charge is -2.24. The molecular weight excluding hydrogens is 743 g/mol. The van der Waals surface area contributed by atoms with Crippen molar-refractivity contribution in [3.63, 3.8) is 0 Å². The number of unbranched alkanes of at least 4 members (excludes halogenated alkanes) is 15. The summed E-state index contributed by atoms with van der Waals surface area (Å²) in [6, 6.07) is -0.730. The van der Waals surface area contributed by atoms with Crippen LogP contribution < -0.4 is 5.32 Å². The second kappa shape index (κ2) is 46.6. The normalized spacial score (nSPS) is 14.3. The molecule has 6 heteroatoms. The number of aliphatic hydroxyl groups is 2. The average Bonchev–Trinajstić information content (AvgIpc) is 3.24. The van der Waals surface area contributed by atoms with Gasteiger partial charge in [-0.3, -0.25) is 9.59 Å². The number of aliphatic hydroxyl groups excluding tert-OH is 2. The Balaban J connectivity index is 4.75. The molecule has 0 spiro atoms. The topological polar surface area (TPSA) is 95.9 Å². The number of rotatable bonds is 41. The predicted molar refractivity (Wildman–Crippen MR) is 259 cm³/mol. The third-order valence-corrected chi connectivity index (χ3v) is 10.2. The minimum Gasteiger partial charge on any atom is -0.462 e. The van der Waals surface area contributed by atoms with Gasteiger partial charge in [0, 0.05) is 6.42 Å². The lowest BCUT2D eigenvalue weighted by Crippen LogP contribution is -2.46. The summed E-state index contributed by atoms with van der Waals surface area (Å²) in [6.07, 6.45) is 62.9. The van der Waals surface area contributed by atoms with Crippen LogP contribution in [0.5, 0.6) is 0 Å². The Morgan fingerprint density at radius 1 is 0.517 bits per heavy atom. The number of ether oxygens (including phenoxy) is 1. The largest absolute Gasteiger partial charge is 0.462 e. The minimum atomic E-state index is -0.812. The monoisotopic (exact) mass is 832 g/mol. The summed E-state index contributed by atoms with van der Waals surface area (Å²) in [5, 5.41) is 23.6. The van der Waals surface area contributed by atoms with Crippen LogP contribution in [0.1, 0.15) is 194 Å². The predicted octanol–water partition coefficient (Wildman–Crippen LogP) is 14.3. The Morgan fingerprint density at radius 3 is 1.60 bits per heavy atom. The van der Waals surface area contributed by atoms with Gasteiger partial charge in [-0.25, -0.2) is 0 Å².